The number of rotatable bonds is 11. The molecule has 0 aromatic carbocycles. The molecule has 0 fully saturated rings. The molecule has 0 aliphatic rings. The van der Waals surface area contributed by atoms with E-state index in [4.69, 9.17) is 9.84 Å². The molecular formula is C21H34O6. The summed E-state index contributed by atoms with van der Waals surface area (Å²) in [5, 5.41) is 8.86. The first kappa shape index (κ1) is 26.9. The molecule has 0 rings (SSSR count). The molecule has 1 atom stereocenters. The number of hydrogen-bond acceptors (Lipinski definition) is 5. The van der Waals surface area contributed by atoms with Crippen LogP contribution in [0.3, 0.4) is 0 Å². The molecule has 0 amide bonds. The quantitative estimate of drug-likeness (QED) is 0.322. The fraction of sp³-hybridized carbons (Fsp3) is 0.571. The van der Waals surface area contributed by atoms with E-state index < -0.39 is 11.9 Å². The van der Waals surface area contributed by atoms with Gasteiger partial charge in [-0.1, -0.05) is 52.3 Å². The van der Waals surface area contributed by atoms with Gasteiger partial charge >= 0.3 is 17.9 Å². The van der Waals surface area contributed by atoms with Gasteiger partial charge in [-0.15, -0.1) is 0 Å². The van der Waals surface area contributed by atoms with Gasteiger partial charge in [-0.2, -0.15) is 0 Å². The first-order valence-electron chi connectivity index (χ1n) is 9.13. The molecule has 1 N–H and O–H groups in total. The van der Waals surface area contributed by atoms with Crippen LogP contribution in [0, 0.1) is 5.92 Å². The average Bonchev–Trinajstić information content (AvgIpc) is 2.64. The van der Waals surface area contributed by atoms with E-state index in [1.54, 1.807) is 13.0 Å². The average molecular weight is 382 g/mol. The van der Waals surface area contributed by atoms with Crippen molar-refractivity contribution in [3.05, 3.63) is 36.0 Å². The molecule has 0 saturated carbocycles. The fourth-order valence-corrected chi connectivity index (χ4v) is 1.95. The molecule has 0 aliphatic carbocycles. The first-order valence-corrected chi connectivity index (χ1v) is 9.13. The highest BCUT2D eigenvalue weighted by atomic mass is 16.5. The number of ether oxygens (including phenoxy) is 2. The van der Waals surface area contributed by atoms with Crippen LogP contribution in [0.15, 0.2) is 36.0 Å². The van der Waals surface area contributed by atoms with E-state index in [2.05, 4.69) is 24.8 Å². The van der Waals surface area contributed by atoms with Gasteiger partial charge in [0.1, 0.15) is 0 Å². The summed E-state index contributed by atoms with van der Waals surface area (Å²) in [5.74, 6) is -2.04. The van der Waals surface area contributed by atoms with E-state index in [-0.39, 0.29) is 17.5 Å². The zero-order valence-corrected chi connectivity index (χ0v) is 17.3. The predicted molar refractivity (Wildman–Crippen MR) is 106 cm³/mol. The third-order valence-corrected chi connectivity index (χ3v) is 3.70. The van der Waals surface area contributed by atoms with E-state index in [0.29, 0.717) is 24.2 Å². The van der Waals surface area contributed by atoms with Crippen molar-refractivity contribution in [2.24, 2.45) is 5.92 Å². The predicted octanol–water partition coefficient (Wildman–Crippen LogP) is 4.46. The summed E-state index contributed by atoms with van der Waals surface area (Å²) in [7, 11) is 1.33. The number of carbonyl (C=O) groups excluding carboxylic acids is 2. The SMILES string of the molecule is C=C(C(=O)OCCCCCC)C(C=C(C)C(=O)O)CC.C=C(C)C(=O)OC. The largest absolute Gasteiger partial charge is 0.478 e. The van der Waals surface area contributed by atoms with Crippen LogP contribution in [0.2, 0.25) is 0 Å². The van der Waals surface area contributed by atoms with E-state index in [1.165, 1.54) is 14.0 Å². The zero-order chi connectivity index (χ0) is 21.4. The van der Waals surface area contributed by atoms with Gasteiger partial charge in [0, 0.05) is 22.6 Å². The van der Waals surface area contributed by atoms with Crippen molar-refractivity contribution in [1.29, 1.82) is 0 Å². The number of methoxy groups -OCH3 is 1. The monoisotopic (exact) mass is 382 g/mol. The second-order valence-corrected chi connectivity index (χ2v) is 6.16. The molecule has 6 heteroatoms. The maximum Gasteiger partial charge on any atom is 0.334 e. The van der Waals surface area contributed by atoms with Crippen molar-refractivity contribution in [3.63, 3.8) is 0 Å². The number of carbonyl (C=O) groups is 3. The lowest BCUT2D eigenvalue weighted by Gasteiger charge is -2.14. The van der Waals surface area contributed by atoms with E-state index >= 15 is 0 Å². The van der Waals surface area contributed by atoms with Gasteiger partial charge in [0.2, 0.25) is 0 Å². The normalized spacial score (nSPS) is 11.5. The van der Waals surface area contributed by atoms with Crippen molar-refractivity contribution in [2.75, 3.05) is 13.7 Å². The maximum atomic E-state index is 11.8. The molecule has 0 radical (unpaired) electrons. The van der Waals surface area contributed by atoms with Gasteiger partial charge in [-0.05, 0) is 26.7 Å². The minimum Gasteiger partial charge on any atom is -0.478 e. The standard InChI is InChI=1S/C16H26O4.C5H8O2/c1-5-7-8-9-10-20-16(19)13(4)14(6-2)11-12(3)15(17)18;1-4(2)5(6)7-3/h11,14H,4-10H2,1-3H3,(H,17,18);1H2,2-3H3. The van der Waals surface area contributed by atoms with E-state index in [0.717, 1.165) is 25.7 Å². The Morgan fingerprint density at radius 3 is 2.00 bits per heavy atom. The van der Waals surface area contributed by atoms with Gasteiger partial charge in [-0.25, -0.2) is 14.4 Å². The number of carboxylic acids is 1. The van der Waals surface area contributed by atoms with Crippen molar-refractivity contribution < 1.29 is 29.0 Å². The van der Waals surface area contributed by atoms with Crippen molar-refractivity contribution in [2.45, 2.75) is 59.8 Å². The zero-order valence-electron chi connectivity index (χ0n) is 17.3. The smallest absolute Gasteiger partial charge is 0.334 e. The molecule has 0 aromatic heterocycles. The Hall–Kier alpha value is -2.37. The van der Waals surface area contributed by atoms with Crippen LogP contribution < -0.4 is 0 Å². The highest BCUT2D eigenvalue weighted by Gasteiger charge is 2.18. The molecule has 0 aliphatic heterocycles. The van der Waals surface area contributed by atoms with Crippen molar-refractivity contribution >= 4 is 17.9 Å². The number of carboxylic acid groups (broad SMARTS) is 1. The topological polar surface area (TPSA) is 89.9 Å². The van der Waals surface area contributed by atoms with Crippen LogP contribution in [-0.2, 0) is 23.9 Å². The highest BCUT2D eigenvalue weighted by molar-refractivity contribution is 5.90. The summed E-state index contributed by atoms with van der Waals surface area (Å²) in [6.45, 7) is 14.6. The summed E-state index contributed by atoms with van der Waals surface area (Å²) >= 11 is 0. The Bertz CT molecular complexity index is 545. The number of aliphatic carboxylic acids is 1. The van der Waals surface area contributed by atoms with Gasteiger partial charge in [0.15, 0.2) is 0 Å². The Balaban J connectivity index is 0. The minimum absolute atomic E-state index is 0.216. The fourth-order valence-electron chi connectivity index (χ4n) is 1.95. The lowest BCUT2D eigenvalue weighted by molar-refractivity contribution is -0.140. The van der Waals surface area contributed by atoms with Crippen LogP contribution in [0.25, 0.3) is 0 Å². The third-order valence-electron chi connectivity index (χ3n) is 3.70. The second kappa shape index (κ2) is 15.9. The van der Waals surface area contributed by atoms with Crippen LogP contribution >= 0.6 is 0 Å². The molecule has 154 valence electrons. The highest BCUT2D eigenvalue weighted by Crippen LogP contribution is 2.19. The number of hydrogen-bond donors (Lipinski definition) is 1. The Kier molecular flexibility index (Phi) is 15.8. The molecule has 0 spiro atoms. The molecular weight excluding hydrogens is 348 g/mol. The molecule has 1 unspecified atom stereocenters. The summed E-state index contributed by atoms with van der Waals surface area (Å²) in [5.41, 5.74) is 0.972. The summed E-state index contributed by atoms with van der Waals surface area (Å²) in [4.78, 5) is 32.8. The van der Waals surface area contributed by atoms with Gasteiger partial charge in [-0.3, -0.25) is 0 Å². The van der Waals surface area contributed by atoms with Gasteiger partial charge in [0.05, 0.1) is 13.7 Å². The second-order valence-electron chi connectivity index (χ2n) is 6.16. The van der Waals surface area contributed by atoms with Crippen LogP contribution in [0.1, 0.15) is 59.8 Å². The van der Waals surface area contributed by atoms with E-state index in [9.17, 15) is 14.4 Å². The van der Waals surface area contributed by atoms with Crippen LogP contribution in [0.5, 0.6) is 0 Å². The third kappa shape index (κ3) is 13.5. The molecule has 27 heavy (non-hydrogen) atoms. The van der Waals surface area contributed by atoms with E-state index in [1.807, 2.05) is 6.92 Å². The Morgan fingerprint density at radius 1 is 1.04 bits per heavy atom. The first-order chi connectivity index (χ1) is 12.6. The lowest BCUT2D eigenvalue weighted by atomic mass is 9.95. The van der Waals surface area contributed by atoms with Crippen LogP contribution in [-0.4, -0.2) is 36.7 Å². The molecule has 6 nitrogen and oxygen atoms in total. The number of allylic oxidation sites excluding steroid dienone is 1. The summed E-state index contributed by atoms with van der Waals surface area (Å²) in [6.07, 6.45) is 6.35. The Labute approximate surface area is 162 Å². The Morgan fingerprint density at radius 2 is 1.63 bits per heavy atom. The minimum atomic E-state index is -0.982. The van der Waals surface area contributed by atoms with Crippen molar-refractivity contribution in [3.8, 4) is 0 Å². The molecule has 0 bridgehead atoms. The lowest BCUT2D eigenvalue weighted by Crippen LogP contribution is -2.15. The summed E-state index contributed by atoms with van der Waals surface area (Å²) in [6, 6.07) is 0. The molecule has 0 saturated heterocycles. The van der Waals surface area contributed by atoms with Gasteiger partial charge in [0.25, 0.3) is 0 Å². The summed E-state index contributed by atoms with van der Waals surface area (Å²) < 4.78 is 9.43. The van der Waals surface area contributed by atoms with Crippen LogP contribution in [0.4, 0.5) is 0 Å². The number of unbranched alkanes of at least 4 members (excludes halogenated alkanes) is 3. The maximum absolute atomic E-state index is 11.8. The number of esters is 2. The molecule has 0 aromatic rings. The van der Waals surface area contributed by atoms with Crippen molar-refractivity contribution in [1.82, 2.24) is 0 Å². The molecule has 0 heterocycles. The van der Waals surface area contributed by atoms with Gasteiger partial charge < -0.3 is 14.6 Å².